The van der Waals surface area contributed by atoms with Crippen LogP contribution in [-0.2, 0) is 13.0 Å². The second-order valence-corrected chi connectivity index (χ2v) is 6.43. The first-order valence-electron chi connectivity index (χ1n) is 8.57. The van der Waals surface area contributed by atoms with Crippen molar-refractivity contribution >= 4 is 17.3 Å². The highest BCUT2D eigenvalue weighted by Gasteiger charge is 2.13. The molecular weight excluding hydrogens is 352 g/mol. The van der Waals surface area contributed by atoms with E-state index in [1.807, 2.05) is 30.3 Å². The molecule has 4 rings (SSSR count). The quantitative estimate of drug-likeness (QED) is 0.782. The van der Waals surface area contributed by atoms with E-state index in [1.54, 1.807) is 0 Å². The first-order chi connectivity index (χ1) is 12.8. The van der Waals surface area contributed by atoms with Gasteiger partial charge in [-0.25, -0.2) is 0 Å². The largest absolute Gasteiger partial charge is 0.486 e. The summed E-state index contributed by atoms with van der Waals surface area (Å²) >= 11 is 5.34. The van der Waals surface area contributed by atoms with Gasteiger partial charge in [0.1, 0.15) is 13.2 Å². The van der Waals surface area contributed by atoms with Crippen molar-refractivity contribution in [3.8, 4) is 23.0 Å². The minimum Gasteiger partial charge on any atom is -0.486 e. The van der Waals surface area contributed by atoms with E-state index in [2.05, 4.69) is 16.7 Å². The molecule has 2 heterocycles. The predicted molar refractivity (Wildman–Crippen MR) is 101 cm³/mol. The smallest absolute Gasteiger partial charge is 0.231 e. The Morgan fingerprint density at radius 1 is 0.808 bits per heavy atom. The lowest BCUT2D eigenvalue weighted by Crippen LogP contribution is -2.35. The van der Waals surface area contributed by atoms with E-state index in [9.17, 15) is 0 Å². The van der Waals surface area contributed by atoms with E-state index in [4.69, 9.17) is 31.2 Å². The first-order valence-corrected chi connectivity index (χ1v) is 8.97. The summed E-state index contributed by atoms with van der Waals surface area (Å²) in [6.07, 6.45) is 0.850. The minimum absolute atomic E-state index is 0.284. The molecule has 0 fully saturated rings. The topological polar surface area (TPSA) is 61.0 Å². The number of nitrogens with one attached hydrogen (secondary N) is 2. The molecule has 26 heavy (non-hydrogen) atoms. The van der Waals surface area contributed by atoms with Crippen molar-refractivity contribution in [2.45, 2.75) is 13.0 Å². The number of hydrogen-bond donors (Lipinski definition) is 2. The molecule has 0 atom stereocenters. The van der Waals surface area contributed by atoms with E-state index >= 15 is 0 Å². The molecule has 2 N–H and O–H groups in total. The van der Waals surface area contributed by atoms with Crippen LogP contribution in [0.15, 0.2) is 36.4 Å². The summed E-state index contributed by atoms with van der Waals surface area (Å²) in [5.41, 5.74) is 2.27. The number of ether oxygens (including phenoxy) is 4. The molecule has 0 unspecified atom stereocenters. The molecule has 0 saturated carbocycles. The molecule has 7 heteroatoms. The Balaban J connectivity index is 1.22. The third-order valence-electron chi connectivity index (χ3n) is 4.20. The van der Waals surface area contributed by atoms with Gasteiger partial charge in [0.15, 0.2) is 28.1 Å². The van der Waals surface area contributed by atoms with Crippen LogP contribution in [0.25, 0.3) is 0 Å². The lowest BCUT2D eigenvalue weighted by molar-refractivity contribution is 0.171. The molecule has 2 aromatic carbocycles. The van der Waals surface area contributed by atoms with Crippen LogP contribution in [0.1, 0.15) is 11.1 Å². The summed E-state index contributed by atoms with van der Waals surface area (Å²) in [5, 5.41) is 7.06. The maximum atomic E-state index is 5.61. The Morgan fingerprint density at radius 3 is 2.35 bits per heavy atom. The molecule has 2 aromatic rings. The molecule has 6 nitrogen and oxygen atoms in total. The average Bonchev–Trinajstić information content (AvgIpc) is 3.14. The van der Waals surface area contributed by atoms with Gasteiger partial charge in [-0.05, 0) is 54.0 Å². The summed E-state index contributed by atoms with van der Waals surface area (Å²) in [4.78, 5) is 0. The maximum Gasteiger partial charge on any atom is 0.231 e. The highest BCUT2D eigenvalue weighted by Crippen LogP contribution is 2.32. The Morgan fingerprint density at radius 2 is 1.46 bits per heavy atom. The zero-order valence-corrected chi connectivity index (χ0v) is 15.1. The predicted octanol–water partition coefficient (Wildman–Crippen LogP) is 2.39. The first kappa shape index (κ1) is 16.8. The monoisotopic (exact) mass is 372 g/mol. The highest BCUT2D eigenvalue weighted by atomic mass is 32.1. The number of hydrogen-bond acceptors (Lipinski definition) is 5. The van der Waals surface area contributed by atoms with Crippen molar-refractivity contribution in [2.75, 3.05) is 26.6 Å². The lowest BCUT2D eigenvalue weighted by Gasteiger charge is -2.19. The van der Waals surface area contributed by atoms with E-state index < -0.39 is 0 Å². The highest BCUT2D eigenvalue weighted by molar-refractivity contribution is 7.80. The summed E-state index contributed by atoms with van der Waals surface area (Å²) < 4.78 is 21.8. The van der Waals surface area contributed by atoms with Crippen molar-refractivity contribution in [2.24, 2.45) is 0 Å². The summed E-state index contributed by atoms with van der Waals surface area (Å²) in [6, 6.07) is 11.9. The Kier molecular flexibility index (Phi) is 4.97. The molecule has 0 aliphatic carbocycles. The van der Waals surface area contributed by atoms with Gasteiger partial charge in [0, 0.05) is 13.1 Å². The molecular formula is C19H20N2O4S. The van der Waals surface area contributed by atoms with Gasteiger partial charge in [0.05, 0.1) is 0 Å². The van der Waals surface area contributed by atoms with E-state index in [0.717, 1.165) is 41.5 Å². The van der Waals surface area contributed by atoms with Crippen LogP contribution in [0.3, 0.4) is 0 Å². The molecule has 0 aromatic heterocycles. The average molecular weight is 372 g/mol. The van der Waals surface area contributed by atoms with Crippen LogP contribution in [-0.4, -0.2) is 31.7 Å². The van der Waals surface area contributed by atoms with Crippen LogP contribution in [0.5, 0.6) is 23.0 Å². The van der Waals surface area contributed by atoms with Crippen molar-refractivity contribution in [1.29, 1.82) is 0 Å². The maximum absolute atomic E-state index is 5.61. The molecule has 0 bridgehead atoms. The van der Waals surface area contributed by atoms with Crippen LogP contribution >= 0.6 is 12.2 Å². The number of benzene rings is 2. The minimum atomic E-state index is 0.284. The second-order valence-electron chi connectivity index (χ2n) is 6.03. The van der Waals surface area contributed by atoms with Crippen LogP contribution in [0.2, 0.25) is 0 Å². The van der Waals surface area contributed by atoms with Gasteiger partial charge in [-0.3, -0.25) is 0 Å². The second kappa shape index (κ2) is 7.70. The third-order valence-corrected chi connectivity index (χ3v) is 4.48. The van der Waals surface area contributed by atoms with Gasteiger partial charge >= 0.3 is 0 Å². The fourth-order valence-corrected chi connectivity index (χ4v) is 3.03. The Labute approximate surface area is 157 Å². The fraction of sp³-hybridized carbons (Fsp3) is 0.316. The SMILES string of the molecule is S=C(NCCc1ccc2c(c1)OCCO2)NCc1ccc2c(c1)OCO2. The zero-order chi connectivity index (χ0) is 17.8. The number of thiocarbonyl (C=S) groups is 1. The molecule has 2 aliphatic rings. The third kappa shape index (κ3) is 3.94. The number of fused-ring (bicyclic) bond motifs is 2. The van der Waals surface area contributed by atoms with Gasteiger partial charge in [0.25, 0.3) is 0 Å². The van der Waals surface area contributed by atoms with E-state index in [0.29, 0.717) is 24.9 Å². The van der Waals surface area contributed by atoms with Gasteiger partial charge in [-0.2, -0.15) is 0 Å². The molecule has 136 valence electrons. The van der Waals surface area contributed by atoms with Crippen LogP contribution < -0.4 is 29.6 Å². The molecule has 2 aliphatic heterocycles. The van der Waals surface area contributed by atoms with Gasteiger partial charge < -0.3 is 29.6 Å². The number of rotatable bonds is 5. The van der Waals surface area contributed by atoms with E-state index in [1.165, 1.54) is 5.56 Å². The molecule has 0 saturated heterocycles. The van der Waals surface area contributed by atoms with Crippen molar-refractivity contribution in [1.82, 2.24) is 10.6 Å². The lowest BCUT2D eigenvalue weighted by atomic mass is 10.1. The summed E-state index contributed by atoms with van der Waals surface area (Å²) in [7, 11) is 0. The van der Waals surface area contributed by atoms with Crippen molar-refractivity contribution in [3.05, 3.63) is 47.5 Å². The standard InChI is InChI=1S/C19H20N2O4S/c26-19(21-11-14-2-4-16-18(10-14)25-12-24-16)20-6-5-13-1-3-15-17(9-13)23-8-7-22-15/h1-4,9-10H,5-8,11-12H2,(H2,20,21,26). The molecule has 0 radical (unpaired) electrons. The Bertz CT molecular complexity index is 812. The van der Waals surface area contributed by atoms with Gasteiger partial charge in [-0.1, -0.05) is 12.1 Å². The molecule has 0 spiro atoms. The van der Waals surface area contributed by atoms with Gasteiger partial charge in [0.2, 0.25) is 6.79 Å². The fourth-order valence-electron chi connectivity index (χ4n) is 2.86. The summed E-state index contributed by atoms with van der Waals surface area (Å²) in [5.74, 6) is 3.20. The van der Waals surface area contributed by atoms with Gasteiger partial charge in [-0.15, -0.1) is 0 Å². The van der Waals surface area contributed by atoms with Crippen molar-refractivity contribution in [3.63, 3.8) is 0 Å². The van der Waals surface area contributed by atoms with Crippen molar-refractivity contribution < 1.29 is 18.9 Å². The van der Waals surface area contributed by atoms with E-state index in [-0.39, 0.29) is 6.79 Å². The van der Waals surface area contributed by atoms with Crippen LogP contribution in [0, 0.1) is 0 Å². The Hall–Kier alpha value is -2.67. The van der Waals surface area contributed by atoms with Crippen LogP contribution in [0.4, 0.5) is 0 Å². The zero-order valence-electron chi connectivity index (χ0n) is 14.2. The summed E-state index contributed by atoms with van der Waals surface area (Å²) in [6.45, 7) is 2.87. The molecule has 0 amide bonds. The normalized spacial score (nSPS) is 14.0.